The van der Waals surface area contributed by atoms with Crippen LogP contribution >= 0.6 is 13.8 Å². The Kier molecular flexibility index (Phi) is 12.1. The lowest BCUT2D eigenvalue weighted by atomic mass is 10.1. The van der Waals surface area contributed by atoms with Crippen LogP contribution in [0.4, 0.5) is 5.82 Å². The van der Waals surface area contributed by atoms with Crippen LogP contribution in [0, 0.1) is 13.8 Å². The molecule has 6 heterocycles. The molecular formula is C34H55N7O8P2. The molecule has 15 nitrogen and oxygen atoms in total. The van der Waals surface area contributed by atoms with Crippen LogP contribution < -0.4 is 16.9 Å². The molecule has 8 atom stereocenters. The van der Waals surface area contributed by atoms with Crippen LogP contribution in [-0.4, -0.2) is 137 Å². The molecule has 0 aliphatic carbocycles. The lowest BCUT2D eigenvalue weighted by Gasteiger charge is -2.19. The minimum absolute atomic E-state index is 0. The Morgan fingerprint density at radius 2 is 1.39 bits per heavy atom. The Morgan fingerprint density at radius 1 is 0.863 bits per heavy atom. The molecule has 51 heavy (non-hydrogen) atoms. The fourth-order valence-electron chi connectivity index (χ4n) is 6.32. The minimum Gasteiger partial charge on any atom is -0.388 e. The van der Waals surface area contributed by atoms with Crippen LogP contribution in [0.2, 0.25) is 0 Å². The van der Waals surface area contributed by atoms with E-state index in [-0.39, 0.29) is 24.4 Å². The summed E-state index contributed by atoms with van der Waals surface area (Å²) in [5.74, 6) is 1.26. The number of H-pyrrole nitrogens is 1. The van der Waals surface area contributed by atoms with E-state index in [2.05, 4.69) is 54.2 Å². The normalized spacial score (nSPS) is 26.7. The van der Waals surface area contributed by atoms with Crippen molar-refractivity contribution in [3.63, 3.8) is 0 Å². The van der Waals surface area contributed by atoms with Crippen molar-refractivity contribution in [2.75, 3.05) is 44.7 Å². The molecule has 0 aromatic carbocycles. The molecule has 0 spiro atoms. The average molecular weight is 752 g/mol. The van der Waals surface area contributed by atoms with Crippen molar-refractivity contribution in [1.82, 2.24) is 28.7 Å². The summed E-state index contributed by atoms with van der Waals surface area (Å²) in [4.78, 5) is 35.8. The Balaban J connectivity index is 0.000000224. The van der Waals surface area contributed by atoms with Crippen molar-refractivity contribution in [2.45, 2.75) is 83.2 Å². The lowest BCUT2D eigenvalue weighted by molar-refractivity contribution is -0.0350. The largest absolute Gasteiger partial charge is 0.388 e. The summed E-state index contributed by atoms with van der Waals surface area (Å²) in [6.45, 7) is 9.39. The Morgan fingerprint density at radius 3 is 1.94 bits per heavy atom. The van der Waals surface area contributed by atoms with Gasteiger partial charge in [-0.3, -0.25) is 18.7 Å². The second-order valence-corrected chi connectivity index (χ2v) is 23.4. The van der Waals surface area contributed by atoms with E-state index >= 15 is 0 Å². The van der Waals surface area contributed by atoms with Gasteiger partial charge in [0.05, 0.1) is 23.0 Å². The highest BCUT2D eigenvalue weighted by molar-refractivity contribution is 7.72. The number of aliphatic hydroxyl groups is 4. The van der Waals surface area contributed by atoms with Crippen LogP contribution in [0.1, 0.15) is 44.4 Å². The Labute approximate surface area is 298 Å². The number of nitrogens with two attached hydrogens (primary N) is 1. The quantitative estimate of drug-likeness (QED) is 0.143. The maximum Gasteiger partial charge on any atom is 0.262 e. The monoisotopic (exact) mass is 751 g/mol. The molecule has 2 unspecified atom stereocenters. The fourth-order valence-corrected chi connectivity index (χ4v) is 8.23. The SMILES string of the molecule is C.C=P(C)(C)CC[C@H]1OC(n2c(N)cc3c(=O)[nH]c(C)nc32)[C@H](O)[C@@H]1O.C=P(C)(C)CC[C@H]1OC(n2ccc3c(=O)n(C)c(C)nc32)[C@H](O)[C@@H]1O. The van der Waals surface area contributed by atoms with E-state index in [1.807, 2.05) is 0 Å². The lowest BCUT2D eigenvalue weighted by Crippen LogP contribution is -2.32. The number of hydrogen-bond acceptors (Lipinski definition) is 11. The highest BCUT2D eigenvalue weighted by Gasteiger charge is 2.45. The van der Waals surface area contributed by atoms with Crippen LogP contribution in [0.5, 0.6) is 0 Å². The number of aryl methyl sites for hydroxylation is 2. The second-order valence-electron chi connectivity index (χ2n) is 14.8. The average Bonchev–Trinajstić information content (AvgIpc) is 3.73. The first kappa shape index (κ1) is 40.8. The predicted molar refractivity (Wildman–Crippen MR) is 209 cm³/mol. The molecule has 2 saturated heterocycles. The number of hydrogen-bond donors (Lipinski definition) is 6. The zero-order chi connectivity index (χ0) is 37.0. The molecule has 4 aromatic heterocycles. The van der Waals surface area contributed by atoms with E-state index in [1.54, 1.807) is 37.7 Å². The van der Waals surface area contributed by atoms with Crippen LogP contribution in [-0.2, 0) is 16.5 Å². The molecule has 0 bridgehead atoms. The van der Waals surface area contributed by atoms with E-state index in [4.69, 9.17) is 15.2 Å². The van der Waals surface area contributed by atoms with E-state index in [1.165, 1.54) is 15.2 Å². The van der Waals surface area contributed by atoms with Gasteiger partial charge in [-0.25, -0.2) is 9.97 Å². The number of anilines is 1. The summed E-state index contributed by atoms with van der Waals surface area (Å²) in [5, 5.41) is 42.5. The van der Waals surface area contributed by atoms with Gasteiger partial charge in [0.2, 0.25) is 0 Å². The number of nitrogens with zero attached hydrogens (tertiary/aromatic N) is 5. The van der Waals surface area contributed by atoms with Gasteiger partial charge in [-0.15, -0.1) is 26.4 Å². The number of rotatable bonds is 8. The smallest absolute Gasteiger partial charge is 0.262 e. The first-order valence-corrected chi connectivity index (χ1v) is 22.6. The maximum absolute atomic E-state index is 12.4. The number of ether oxygens (including phenoxy) is 2. The van der Waals surface area contributed by atoms with E-state index in [0.29, 0.717) is 46.6 Å². The van der Waals surface area contributed by atoms with Gasteiger partial charge in [-0.2, -0.15) is 0 Å². The number of nitrogens with one attached hydrogen (secondary N) is 1. The van der Waals surface area contributed by atoms with Crippen molar-refractivity contribution in [1.29, 1.82) is 0 Å². The van der Waals surface area contributed by atoms with Gasteiger partial charge in [-0.05, 0) is 77.8 Å². The molecule has 2 fully saturated rings. The van der Waals surface area contributed by atoms with E-state index in [0.717, 1.165) is 12.3 Å². The number of aromatic amines is 1. The highest BCUT2D eigenvalue weighted by Crippen LogP contribution is 2.41. The molecule has 17 heteroatoms. The number of aliphatic hydroxyl groups excluding tert-OH is 4. The predicted octanol–water partition coefficient (Wildman–Crippen LogP) is 1.73. The summed E-state index contributed by atoms with van der Waals surface area (Å²) in [6.07, 6.45) is 6.12. The van der Waals surface area contributed by atoms with Crippen molar-refractivity contribution >= 4 is 54.3 Å². The zero-order valence-corrected chi connectivity index (χ0v) is 31.5. The third-order valence-corrected chi connectivity index (χ3v) is 12.2. The van der Waals surface area contributed by atoms with Crippen molar-refractivity contribution in [3.8, 4) is 0 Å². The highest BCUT2D eigenvalue weighted by atomic mass is 31.2. The Bertz CT molecular complexity index is 2090. The molecule has 7 N–H and O–H groups in total. The third kappa shape index (κ3) is 8.47. The van der Waals surface area contributed by atoms with Crippen molar-refractivity contribution in [2.24, 2.45) is 7.05 Å². The van der Waals surface area contributed by atoms with Crippen LogP contribution in [0.15, 0.2) is 27.9 Å². The van der Waals surface area contributed by atoms with Gasteiger partial charge < -0.3 is 45.2 Å². The van der Waals surface area contributed by atoms with Crippen LogP contribution in [0.25, 0.3) is 22.1 Å². The van der Waals surface area contributed by atoms with Gasteiger partial charge in [0.1, 0.15) is 47.5 Å². The number of aromatic nitrogens is 6. The van der Waals surface area contributed by atoms with Crippen molar-refractivity contribution < 1.29 is 29.9 Å². The Hall–Kier alpha value is -3.00. The van der Waals surface area contributed by atoms with E-state index < -0.39 is 62.9 Å². The molecule has 4 aromatic rings. The van der Waals surface area contributed by atoms with Crippen molar-refractivity contribution in [3.05, 3.63) is 50.7 Å². The minimum atomic E-state index is -1.27. The third-order valence-electron chi connectivity index (χ3n) is 9.27. The van der Waals surface area contributed by atoms with Gasteiger partial charge in [-0.1, -0.05) is 7.43 Å². The first-order valence-electron chi connectivity index (χ1n) is 16.5. The van der Waals surface area contributed by atoms with E-state index in [9.17, 15) is 30.0 Å². The number of nitrogen functional groups attached to an aromatic ring is 1. The first-order chi connectivity index (χ1) is 23.2. The maximum atomic E-state index is 12.4. The molecule has 2 aliphatic rings. The molecule has 2 aliphatic heterocycles. The topological polar surface area (TPSA) is 216 Å². The number of fused-ring (bicyclic) bond motifs is 2. The molecule has 0 radical (unpaired) electrons. The van der Waals surface area contributed by atoms with Gasteiger partial charge >= 0.3 is 0 Å². The second kappa shape index (κ2) is 15.2. The molecule has 0 amide bonds. The molecule has 6 rings (SSSR count). The van der Waals surface area contributed by atoms with Gasteiger partial charge in [0.15, 0.2) is 18.1 Å². The van der Waals surface area contributed by atoms with Gasteiger partial charge in [0.25, 0.3) is 11.1 Å². The molecule has 284 valence electrons. The fraction of sp³-hybridized carbons (Fsp3) is 0.588. The molecular weight excluding hydrogens is 696 g/mol. The summed E-state index contributed by atoms with van der Waals surface area (Å²) in [5.41, 5.74) is 6.39. The zero-order valence-electron chi connectivity index (χ0n) is 29.7. The van der Waals surface area contributed by atoms with Gasteiger partial charge in [0, 0.05) is 13.2 Å². The summed E-state index contributed by atoms with van der Waals surface area (Å²) >= 11 is 0. The van der Waals surface area contributed by atoms with Crippen LogP contribution in [0.3, 0.4) is 0 Å². The molecule has 0 saturated carbocycles. The standard InChI is InChI=1S/C17H26N3O4P.C16H25N4O4P.CH4/c1-10-18-15-11(16(23)19(10)2)6-8-20(15)17-14(22)13(21)12(24-17)7-9-25(3,4)5;1-8-18-14-9(15(23)19-8)7-11(17)20(14)16-13(22)12(21)10(24-16)5-6-25(2,3)4;/h6,8,12-14,17,21-22H,3,7,9H2,1-2,4-5H3;7,10,12-13,16,21-22H,2,5-6,17H2,1,3-4H3,(H,18,19,23);1H4/t12-,13-,14-,17?;10-,12-,13-,16?;/m11./s1. The summed E-state index contributed by atoms with van der Waals surface area (Å²) in [7, 11) is 1.67. The summed E-state index contributed by atoms with van der Waals surface area (Å²) < 4.78 is 16.5. The summed E-state index contributed by atoms with van der Waals surface area (Å²) in [6, 6.07) is 3.17.